The van der Waals surface area contributed by atoms with Crippen LogP contribution in [0.1, 0.15) is 5.76 Å². The minimum atomic E-state index is 0.682. The summed E-state index contributed by atoms with van der Waals surface area (Å²) in [5, 5.41) is 0. The van der Waals surface area contributed by atoms with Crippen LogP contribution in [-0.4, -0.2) is 7.11 Å². The van der Waals surface area contributed by atoms with Gasteiger partial charge in [0.25, 0.3) is 0 Å². The van der Waals surface area contributed by atoms with Gasteiger partial charge in [0, 0.05) is 4.90 Å². The molecule has 0 aliphatic carbocycles. The molecule has 2 N–H and O–H groups in total. The average molecular weight is 235 g/mol. The summed E-state index contributed by atoms with van der Waals surface area (Å²) in [7, 11) is 1.62. The Morgan fingerprint density at radius 2 is 2.19 bits per heavy atom. The van der Waals surface area contributed by atoms with E-state index in [1.54, 1.807) is 25.1 Å². The molecule has 84 valence electrons. The van der Waals surface area contributed by atoms with Crippen molar-refractivity contribution in [3.8, 4) is 5.75 Å². The van der Waals surface area contributed by atoms with Gasteiger partial charge in [0.2, 0.25) is 0 Å². The van der Waals surface area contributed by atoms with Crippen molar-refractivity contribution in [3.63, 3.8) is 0 Å². The molecule has 2 rings (SSSR count). The van der Waals surface area contributed by atoms with Crippen LogP contribution in [-0.2, 0) is 5.75 Å². The molecule has 1 heterocycles. The predicted octanol–water partition coefficient (Wildman–Crippen LogP) is 3.16. The number of nitrogen functional groups attached to an aromatic ring is 1. The van der Waals surface area contributed by atoms with Crippen LogP contribution >= 0.6 is 11.8 Å². The first-order valence-corrected chi connectivity index (χ1v) is 5.87. The first-order valence-electron chi connectivity index (χ1n) is 4.89. The quantitative estimate of drug-likeness (QED) is 0.653. The van der Waals surface area contributed by atoms with Crippen LogP contribution in [0.2, 0.25) is 0 Å². The molecule has 0 saturated carbocycles. The van der Waals surface area contributed by atoms with Crippen molar-refractivity contribution < 1.29 is 9.15 Å². The zero-order valence-corrected chi connectivity index (χ0v) is 9.79. The number of hydrogen-bond acceptors (Lipinski definition) is 4. The largest absolute Gasteiger partial charge is 0.495 e. The number of ether oxygens (including phenoxy) is 1. The van der Waals surface area contributed by atoms with Crippen LogP contribution in [0.4, 0.5) is 5.69 Å². The molecule has 1 aromatic carbocycles. The van der Waals surface area contributed by atoms with Gasteiger partial charge in [-0.2, -0.15) is 0 Å². The fourth-order valence-electron chi connectivity index (χ4n) is 1.37. The van der Waals surface area contributed by atoms with Crippen molar-refractivity contribution in [3.05, 3.63) is 42.4 Å². The lowest BCUT2D eigenvalue weighted by atomic mass is 10.3. The Labute approximate surface area is 98.6 Å². The van der Waals surface area contributed by atoms with Crippen LogP contribution in [0.25, 0.3) is 0 Å². The summed E-state index contributed by atoms with van der Waals surface area (Å²) < 4.78 is 10.4. The van der Waals surface area contributed by atoms with Crippen LogP contribution in [0.3, 0.4) is 0 Å². The fraction of sp³-hybridized carbons (Fsp3) is 0.167. The average Bonchev–Trinajstić information content (AvgIpc) is 2.81. The molecule has 2 aromatic rings. The van der Waals surface area contributed by atoms with Crippen LogP contribution in [0, 0.1) is 0 Å². The Kier molecular flexibility index (Phi) is 3.41. The number of rotatable bonds is 4. The van der Waals surface area contributed by atoms with E-state index in [0.29, 0.717) is 11.4 Å². The maximum absolute atomic E-state index is 5.96. The molecule has 0 aliphatic rings. The summed E-state index contributed by atoms with van der Waals surface area (Å²) in [6.07, 6.45) is 1.67. The summed E-state index contributed by atoms with van der Waals surface area (Å²) in [6, 6.07) is 9.59. The van der Waals surface area contributed by atoms with Gasteiger partial charge in [0.1, 0.15) is 11.5 Å². The molecule has 1 aromatic heterocycles. The van der Waals surface area contributed by atoms with Gasteiger partial charge in [-0.15, -0.1) is 11.8 Å². The van der Waals surface area contributed by atoms with Crippen molar-refractivity contribution in [2.24, 2.45) is 0 Å². The number of furan rings is 1. The van der Waals surface area contributed by atoms with E-state index in [4.69, 9.17) is 14.9 Å². The van der Waals surface area contributed by atoms with Crippen LogP contribution < -0.4 is 10.5 Å². The van der Waals surface area contributed by atoms with Crippen molar-refractivity contribution in [2.45, 2.75) is 10.6 Å². The second-order valence-electron chi connectivity index (χ2n) is 3.24. The number of benzene rings is 1. The third-order valence-corrected chi connectivity index (χ3v) is 3.29. The van der Waals surface area contributed by atoms with Crippen molar-refractivity contribution in [1.29, 1.82) is 0 Å². The van der Waals surface area contributed by atoms with E-state index in [1.165, 1.54) is 0 Å². The third-order valence-electron chi connectivity index (χ3n) is 2.20. The minimum Gasteiger partial charge on any atom is -0.495 e. The molecule has 0 bridgehead atoms. The number of anilines is 1. The molecule has 0 amide bonds. The van der Waals surface area contributed by atoms with E-state index >= 15 is 0 Å². The molecule has 0 fully saturated rings. The summed E-state index contributed by atoms with van der Waals surface area (Å²) >= 11 is 1.64. The van der Waals surface area contributed by atoms with E-state index in [-0.39, 0.29) is 0 Å². The summed E-state index contributed by atoms with van der Waals surface area (Å²) in [4.78, 5) is 1.01. The summed E-state index contributed by atoms with van der Waals surface area (Å²) in [5.74, 6) is 2.42. The highest BCUT2D eigenvalue weighted by Crippen LogP contribution is 2.34. The molecule has 4 heteroatoms. The van der Waals surface area contributed by atoms with Gasteiger partial charge in [0.05, 0.1) is 24.8 Å². The summed E-state index contributed by atoms with van der Waals surface area (Å²) in [6.45, 7) is 0. The second kappa shape index (κ2) is 4.99. The summed E-state index contributed by atoms with van der Waals surface area (Å²) in [5.41, 5.74) is 6.64. The van der Waals surface area contributed by atoms with Gasteiger partial charge < -0.3 is 14.9 Å². The van der Waals surface area contributed by atoms with Crippen LogP contribution in [0.5, 0.6) is 5.75 Å². The first kappa shape index (κ1) is 11.0. The Morgan fingerprint density at radius 3 is 2.88 bits per heavy atom. The normalized spacial score (nSPS) is 10.3. The predicted molar refractivity (Wildman–Crippen MR) is 65.7 cm³/mol. The van der Waals surface area contributed by atoms with Crippen molar-refractivity contribution in [1.82, 2.24) is 0 Å². The number of hydrogen-bond donors (Lipinski definition) is 1. The van der Waals surface area contributed by atoms with Gasteiger partial charge in [-0.05, 0) is 24.3 Å². The Balaban J connectivity index is 2.09. The molecular weight excluding hydrogens is 222 g/mol. The third kappa shape index (κ3) is 2.33. The topological polar surface area (TPSA) is 48.4 Å². The first-order chi connectivity index (χ1) is 7.81. The van der Waals surface area contributed by atoms with Crippen molar-refractivity contribution in [2.75, 3.05) is 12.8 Å². The van der Waals surface area contributed by atoms with E-state index in [1.807, 2.05) is 30.3 Å². The SMILES string of the molecule is COc1cccc(SCc2ccco2)c1N. The number of thioether (sulfide) groups is 1. The maximum atomic E-state index is 5.96. The van der Waals surface area contributed by atoms with Gasteiger partial charge in [-0.3, -0.25) is 0 Å². The molecule has 0 saturated heterocycles. The minimum absolute atomic E-state index is 0.682. The standard InChI is InChI=1S/C12H13NO2S/c1-14-10-5-2-6-11(12(10)13)16-8-9-4-3-7-15-9/h2-7H,8,13H2,1H3. The smallest absolute Gasteiger partial charge is 0.142 e. The van der Waals surface area contributed by atoms with E-state index in [9.17, 15) is 0 Å². The zero-order valence-electron chi connectivity index (χ0n) is 8.97. The Bertz CT molecular complexity index is 454. The lowest BCUT2D eigenvalue weighted by Crippen LogP contribution is -1.94. The molecule has 0 atom stereocenters. The van der Waals surface area contributed by atoms with E-state index in [0.717, 1.165) is 16.4 Å². The van der Waals surface area contributed by atoms with Crippen molar-refractivity contribution >= 4 is 17.4 Å². The molecule has 0 aliphatic heterocycles. The van der Waals surface area contributed by atoms with Crippen LogP contribution in [0.15, 0.2) is 45.9 Å². The number of para-hydroxylation sites is 1. The van der Waals surface area contributed by atoms with E-state index in [2.05, 4.69) is 0 Å². The van der Waals surface area contributed by atoms with Gasteiger partial charge in [-0.1, -0.05) is 6.07 Å². The zero-order chi connectivity index (χ0) is 11.4. The highest BCUT2D eigenvalue weighted by Gasteiger charge is 2.06. The second-order valence-corrected chi connectivity index (χ2v) is 4.26. The number of nitrogens with two attached hydrogens (primary N) is 1. The lowest BCUT2D eigenvalue weighted by Gasteiger charge is -2.08. The highest BCUT2D eigenvalue weighted by atomic mass is 32.2. The number of methoxy groups -OCH3 is 1. The molecule has 0 unspecified atom stereocenters. The molecular formula is C12H13NO2S. The van der Waals surface area contributed by atoms with E-state index < -0.39 is 0 Å². The fourth-order valence-corrected chi connectivity index (χ4v) is 2.26. The Morgan fingerprint density at radius 1 is 1.31 bits per heavy atom. The van der Waals surface area contributed by atoms with Gasteiger partial charge in [0.15, 0.2) is 0 Å². The molecule has 0 radical (unpaired) electrons. The Hall–Kier alpha value is -1.55. The highest BCUT2D eigenvalue weighted by molar-refractivity contribution is 7.98. The van der Waals surface area contributed by atoms with Gasteiger partial charge in [-0.25, -0.2) is 0 Å². The molecule has 0 spiro atoms. The maximum Gasteiger partial charge on any atom is 0.142 e. The molecule has 3 nitrogen and oxygen atoms in total. The monoisotopic (exact) mass is 235 g/mol. The van der Waals surface area contributed by atoms with Gasteiger partial charge >= 0.3 is 0 Å². The molecule has 16 heavy (non-hydrogen) atoms. The lowest BCUT2D eigenvalue weighted by molar-refractivity contribution is 0.416.